The molecule has 0 amide bonds. The molecule has 1 rings (SSSR count). The molecule has 1 heterocycles. The Hall–Kier alpha value is -1.72. The predicted octanol–water partition coefficient (Wildman–Crippen LogP) is -0.377. The third kappa shape index (κ3) is 1.16. The summed E-state index contributed by atoms with van der Waals surface area (Å²) in [6.45, 7) is 0. The molecule has 1 aromatic heterocycles. The smallest absolute Gasteiger partial charge is 0.299 e. The van der Waals surface area contributed by atoms with E-state index in [0.29, 0.717) is 0 Å². The molecule has 1 aromatic rings. The Morgan fingerprint density at radius 2 is 2.40 bits per heavy atom. The molecule has 0 aliphatic rings. The van der Waals surface area contributed by atoms with Gasteiger partial charge in [-0.15, -0.1) is 0 Å². The van der Waals surface area contributed by atoms with Crippen LogP contribution in [0.5, 0.6) is 0 Å². The zero-order valence-corrected chi connectivity index (χ0v) is 4.80. The lowest BCUT2D eigenvalue weighted by Crippen LogP contribution is -2.29. The van der Waals surface area contributed by atoms with Crippen LogP contribution in [0.4, 0.5) is 5.69 Å². The van der Waals surface area contributed by atoms with Gasteiger partial charge in [-0.2, -0.15) is 0 Å². The Morgan fingerprint density at radius 1 is 1.70 bits per heavy atom. The molecule has 0 bridgehead atoms. The molecule has 0 N–H and O–H groups in total. The minimum Gasteiger partial charge on any atom is -0.594 e. The molecule has 52 valence electrons. The average Bonchev–Trinajstić information content (AvgIpc) is 1.88. The summed E-state index contributed by atoms with van der Waals surface area (Å²) >= 11 is 0. The standard InChI is InChI=1S/C4H3N3O3/c8-6-2-1-4(3-5-6)7(9)10/h1-3H. The Bertz CT molecular complexity index is 244. The number of nitrogens with zero attached hydrogens (tertiary/aromatic N) is 3. The van der Waals surface area contributed by atoms with Crippen LogP contribution < -0.4 is 4.85 Å². The van der Waals surface area contributed by atoms with E-state index in [1.807, 2.05) is 0 Å². The second-order valence-electron chi connectivity index (χ2n) is 1.54. The molecule has 0 unspecified atom stereocenters. The van der Waals surface area contributed by atoms with Crippen LogP contribution in [0.1, 0.15) is 0 Å². The average molecular weight is 141 g/mol. The van der Waals surface area contributed by atoms with Crippen molar-refractivity contribution >= 4 is 5.69 Å². The minimum absolute atomic E-state index is 0.188. The van der Waals surface area contributed by atoms with E-state index in [1.165, 1.54) is 0 Å². The molecule has 6 heteroatoms. The lowest BCUT2D eigenvalue weighted by molar-refractivity contribution is -0.669. The van der Waals surface area contributed by atoms with Gasteiger partial charge in [0.05, 0.1) is 11.0 Å². The minimum atomic E-state index is -0.618. The topological polar surface area (TPSA) is 83.0 Å². The van der Waals surface area contributed by atoms with Gasteiger partial charge in [0.15, 0.2) is 6.20 Å². The van der Waals surface area contributed by atoms with Crippen molar-refractivity contribution in [2.24, 2.45) is 0 Å². The summed E-state index contributed by atoms with van der Waals surface area (Å²) in [5.74, 6) is 0. The molecule has 10 heavy (non-hydrogen) atoms. The van der Waals surface area contributed by atoms with Gasteiger partial charge in [-0.05, 0) is 0 Å². The third-order valence-electron chi connectivity index (χ3n) is 0.887. The highest BCUT2D eigenvalue weighted by Crippen LogP contribution is 2.02. The Kier molecular flexibility index (Phi) is 1.44. The number of hydrogen-bond donors (Lipinski definition) is 0. The Balaban J connectivity index is 3.00. The second kappa shape index (κ2) is 2.26. The van der Waals surface area contributed by atoms with E-state index in [2.05, 4.69) is 5.10 Å². The van der Waals surface area contributed by atoms with Gasteiger partial charge in [0, 0.05) is 5.10 Å². The van der Waals surface area contributed by atoms with Crippen LogP contribution >= 0.6 is 0 Å². The van der Waals surface area contributed by atoms with Gasteiger partial charge in [0.2, 0.25) is 6.20 Å². The maximum absolute atomic E-state index is 10.2. The van der Waals surface area contributed by atoms with Crippen LogP contribution in [-0.2, 0) is 0 Å². The summed E-state index contributed by atoms with van der Waals surface area (Å²) in [6, 6.07) is 1.08. The first-order valence-electron chi connectivity index (χ1n) is 2.40. The van der Waals surface area contributed by atoms with Crippen molar-refractivity contribution in [2.45, 2.75) is 0 Å². The highest BCUT2D eigenvalue weighted by molar-refractivity contribution is 5.20. The largest absolute Gasteiger partial charge is 0.594 e. The fourth-order valence-electron chi connectivity index (χ4n) is 0.446. The molecule has 0 saturated heterocycles. The quantitative estimate of drug-likeness (QED) is 0.231. The summed E-state index contributed by atoms with van der Waals surface area (Å²) < 4.78 is 0. The van der Waals surface area contributed by atoms with Gasteiger partial charge in [-0.25, -0.2) is 0 Å². The predicted molar refractivity (Wildman–Crippen MR) is 29.9 cm³/mol. The molecule has 0 atom stereocenters. The fraction of sp³-hybridized carbons (Fsp3) is 0. The van der Waals surface area contributed by atoms with Crippen molar-refractivity contribution in [2.75, 3.05) is 0 Å². The normalized spacial score (nSPS) is 9.20. The van der Waals surface area contributed by atoms with E-state index < -0.39 is 4.92 Å². The van der Waals surface area contributed by atoms with Crippen molar-refractivity contribution in [1.82, 2.24) is 5.10 Å². The second-order valence-corrected chi connectivity index (χ2v) is 1.54. The maximum atomic E-state index is 10.2. The highest BCUT2D eigenvalue weighted by Gasteiger charge is 2.05. The molecule has 0 aromatic carbocycles. The van der Waals surface area contributed by atoms with E-state index in [4.69, 9.17) is 0 Å². The summed E-state index contributed by atoms with van der Waals surface area (Å²) in [5, 5.41) is 23.3. The zero-order valence-electron chi connectivity index (χ0n) is 4.80. The van der Waals surface area contributed by atoms with Crippen LogP contribution in [-0.4, -0.2) is 10.0 Å². The van der Waals surface area contributed by atoms with Gasteiger partial charge in [0.1, 0.15) is 0 Å². The third-order valence-corrected chi connectivity index (χ3v) is 0.887. The van der Waals surface area contributed by atoms with E-state index in [1.54, 1.807) is 0 Å². The fourth-order valence-corrected chi connectivity index (χ4v) is 0.446. The SMILES string of the molecule is O=[N+]([O-])c1cc[n+]([O-])nc1. The summed E-state index contributed by atoms with van der Waals surface area (Å²) in [6.07, 6.45) is 1.87. The van der Waals surface area contributed by atoms with Crippen molar-refractivity contribution in [3.05, 3.63) is 33.8 Å². The highest BCUT2D eigenvalue weighted by atomic mass is 16.6. The Morgan fingerprint density at radius 3 is 2.80 bits per heavy atom. The zero-order chi connectivity index (χ0) is 7.56. The van der Waals surface area contributed by atoms with Crippen molar-refractivity contribution < 1.29 is 9.77 Å². The summed E-state index contributed by atoms with van der Waals surface area (Å²) in [4.78, 5) is 9.59. The number of rotatable bonds is 1. The van der Waals surface area contributed by atoms with Crippen LogP contribution in [0.2, 0.25) is 0 Å². The number of hydrogen-bond acceptors (Lipinski definition) is 4. The maximum Gasteiger partial charge on any atom is 0.299 e. The molecule has 0 aliphatic heterocycles. The first-order chi connectivity index (χ1) is 4.70. The van der Waals surface area contributed by atoms with E-state index in [0.717, 1.165) is 18.5 Å². The van der Waals surface area contributed by atoms with Crippen molar-refractivity contribution in [3.8, 4) is 0 Å². The molecule has 6 nitrogen and oxygen atoms in total. The van der Waals surface area contributed by atoms with Gasteiger partial charge >= 0.3 is 0 Å². The first-order valence-corrected chi connectivity index (χ1v) is 2.40. The van der Waals surface area contributed by atoms with E-state index in [9.17, 15) is 15.3 Å². The number of nitro groups is 1. The Labute approximate surface area is 55.5 Å². The molecule has 0 spiro atoms. The van der Waals surface area contributed by atoms with Gasteiger partial charge in [0.25, 0.3) is 5.69 Å². The van der Waals surface area contributed by atoms with Gasteiger partial charge < -0.3 is 5.21 Å². The molecule has 0 fully saturated rings. The van der Waals surface area contributed by atoms with Crippen molar-refractivity contribution in [1.29, 1.82) is 0 Å². The summed E-state index contributed by atoms with van der Waals surface area (Å²) in [7, 11) is 0. The number of aromatic nitrogens is 2. The van der Waals surface area contributed by atoms with Crippen LogP contribution in [0.3, 0.4) is 0 Å². The lowest BCUT2D eigenvalue weighted by Gasteiger charge is -1.88. The van der Waals surface area contributed by atoms with Crippen molar-refractivity contribution in [3.63, 3.8) is 0 Å². The monoisotopic (exact) mass is 141 g/mol. The van der Waals surface area contributed by atoms with Gasteiger partial charge in [-0.1, -0.05) is 4.85 Å². The van der Waals surface area contributed by atoms with E-state index >= 15 is 0 Å². The molecule has 0 radical (unpaired) electrons. The lowest BCUT2D eigenvalue weighted by atomic mass is 10.5. The molecule has 0 aliphatic carbocycles. The first kappa shape index (κ1) is 6.40. The van der Waals surface area contributed by atoms with Crippen LogP contribution in [0.15, 0.2) is 18.5 Å². The van der Waals surface area contributed by atoms with E-state index in [-0.39, 0.29) is 10.5 Å². The van der Waals surface area contributed by atoms with Crippen LogP contribution in [0.25, 0.3) is 0 Å². The molecular formula is C4H3N3O3. The van der Waals surface area contributed by atoms with Crippen LogP contribution in [0, 0.1) is 15.3 Å². The molecule has 0 saturated carbocycles. The summed E-state index contributed by atoms with van der Waals surface area (Å²) in [5.41, 5.74) is -0.188. The molecular weight excluding hydrogens is 138 g/mol. The van der Waals surface area contributed by atoms with Gasteiger partial charge in [-0.3, -0.25) is 10.1 Å².